The van der Waals surface area contributed by atoms with Crippen LogP contribution in [0.5, 0.6) is 0 Å². The number of carbonyl (C=O) groups excluding carboxylic acids is 1. The third kappa shape index (κ3) is 2.31. The highest BCUT2D eigenvalue weighted by atomic mass is 35.5. The normalized spacial score (nSPS) is 15.0. The Morgan fingerprint density at radius 2 is 1.89 bits per heavy atom. The molecule has 0 saturated heterocycles. The van der Waals surface area contributed by atoms with Crippen LogP contribution < -0.4 is 0 Å². The Labute approximate surface area is 118 Å². The van der Waals surface area contributed by atoms with E-state index < -0.39 is 0 Å². The molecule has 1 aliphatic carbocycles. The van der Waals surface area contributed by atoms with Gasteiger partial charge in [-0.1, -0.05) is 48.4 Å². The summed E-state index contributed by atoms with van der Waals surface area (Å²) >= 11 is 6.13. The summed E-state index contributed by atoms with van der Waals surface area (Å²) in [5.74, 6) is 0.681. The summed E-state index contributed by atoms with van der Waals surface area (Å²) in [7, 11) is 0. The van der Waals surface area contributed by atoms with Crippen molar-refractivity contribution in [2.75, 3.05) is 0 Å². The van der Waals surface area contributed by atoms with Crippen molar-refractivity contribution in [1.29, 1.82) is 0 Å². The summed E-state index contributed by atoms with van der Waals surface area (Å²) in [6.45, 7) is 0. The number of hydrogen-bond acceptors (Lipinski definition) is 1. The molecule has 19 heavy (non-hydrogen) atoms. The molecule has 2 heteroatoms. The fourth-order valence-electron chi connectivity index (χ4n) is 2.63. The molecule has 0 N–H and O–H groups in total. The average molecular weight is 271 g/mol. The van der Waals surface area contributed by atoms with Crippen LogP contribution in [0.2, 0.25) is 5.02 Å². The van der Waals surface area contributed by atoms with Crippen LogP contribution in [0.4, 0.5) is 0 Å². The molecule has 96 valence electrons. The number of halogens is 1. The van der Waals surface area contributed by atoms with Crippen molar-refractivity contribution in [2.45, 2.75) is 25.2 Å². The molecule has 1 fully saturated rings. The largest absolute Gasteiger partial charge is 0.298 e. The zero-order valence-electron chi connectivity index (χ0n) is 10.6. The molecule has 2 aromatic rings. The minimum absolute atomic E-state index is 0.524. The van der Waals surface area contributed by atoms with E-state index in [1.807, 2.05) is 12.1 Å². The molecule has 2 aromatic carbocycles. The van der Waals surface area contributed by atoms with Gasteiger partial charge in [0, 0.05) is 5.56 Å². The molecule has 3 rings (SSSR count). The van der Waals surface area contributed by atoms with Gasteiger partial charge in [-0.2, -0.15) is 0 Å². The predicted octanol–water partition coefficient (Wildman–Crippen LogP) is 5.09. The number of rotatable bonds is 3. The maximum atomic E-state index is 10.8. The van der Waals surface area contributed by atoms with E-state index in [9.17, 15) is 4.79 Å². The van der Waals surface area contributed by atoms with Gasteiger partial charge in [0.2, 0.25) is 0 Å². The molecule has 0 atom stereocenters. The molecule has 0 bridgehead atoms. The lowest BCUT2D eigenvalue weighted by atomic mass is 9.77. The van der Waals surface area contributed by atoms with Crippen molar-refractivity contribution in [1.82, 2.24) is 0 Å². The van der Waals surface area contributed by atoms with Gasteiger partial charge in [0.1, 0.15) is 0 Å². The number of hydrogen-bond donors (Lipinski definition) is 0. The van der Waals surface area contributed by atoms with Gasteiger partial charge >= 0.3 is 0 Å². The topological polar surface area (TPSA) is 17.1 Å². The highest BCUT2D eigenvalue weighted by molar-refractivity contribution is 6.33. The first-order valence-corrected chi connectivity index (χ1v) is 7.01. The summed E-state index contributed by atoms with van der Waals surface area (Å²) in [4.78, 5) is 10.8. The zero-order valence-corrected chi connectivity index (χ0v) is 11.4. The minimum Gasteiger partial charge on any atom is -0.298 e. The van der Waals surface area contributed by atoms with Crippen LogP contribution in [-0.4, -0.2) is 6.29 Å². The molecule has 0 radical (unpaired) electrons. The van der Waals surface area contributed by atoms with Gasteiger partial charge in [-0.25, -0.2) is 0 Å². The van der Waals surface area contributed by atoms with E-state index in [2.05, 4.69) is 24.3 Å². The van der Waals surface area contributed by atoms with Crippen molar-refractivity contribution in [3.05, 3.63) is 58.6 Å². The van der Waals surface area contributed by atoms with E-state index >= 15 is 0 Å². The molecule has 0 spiro atoms. The maximum Gasteiger partial charge on any atom is 0.151 e. The van der Waals surface area contributed by atoms with Crippen LogP contribution in [0.25, 0.3) is 11.1 Å². The summed E-state index contributed by atoms with van der Waals surface area (Å²) in [6.07, 6.45) is 4.67. The van der Waals surface area contributed by atoms with Crippen LogP contribution >= 0.6 is 11.6 Å². The van der Waals surface area contributed by atoms with Gasteiger partial charge < -0.3 is 0 Å². The van der Waals surface area contributed by atoms with Crippen molar-refractivity contribution < 1.29 is 4.79 Å². The summed E-state index contributed by atoms with van der Waals surface area (Å²) < 4.78 is 0. The molecule has 0 unspecified atom stereocenters. The summed E-state index contributed by atoms with van der Waals surface area (Å²) in [6, 6.07) is 14.2. The quantitative estimate of drug-likeness (QED) is 0.710. The smallest absolute Gasteiger partial charge is 0.151 e. The molecular weight excluding hydrogens is 256 g/mol. The second kappa shape index (κ2) is 5.18. The molecule has 0 heterocycles. The molecule has 1 saturated carbocycles. The first kappa shape index (κ1) is 12.4. The lowest BCUT2D eigenvalue weighted by Gasteiger charge is -2.28. The standard InChI is InChI=1S/C17H15ClO/c18-17-10-13(8-9-14(17)11-19)16-7-2-1-6-15(16)12-4-3-5-12/h1-2,6-12H,3-5H2. The second-order valence-corrected chi connectivity index (χ2v) is 5.48. The Morgan fingerprint density at radius 1 is 1.11 bits per heavy atom. The van der Waals surface area contributed by atoms with E-state index in [1.165, 1.54) is 30.4 Å². The zero-order chi connectivity index (χ0) is 13.2. The van der Waals surface area contributed by atoms with E-state index in [4.69, 9.17) is 11.6 Å². The first-order chi connectivity index (χ1) is 9.29. The Morgan fingerprint density at radius 3 is 2.53 bits per heavy atom. The summed E-state index contributed by atoms with van der Waals surface area (Å²) in [5.41, 5.74) is 4.29. The fourth-order valence-corrected chi connectivity index (χ4v) is 2.85. The van der Waals surface area contributed by atoms with Crippen LogP contribution in [0.1, 0.15) is 41.1 Å². The van der Waals surface area contributed by atoms with Crippen molar-refractivity contribution in [3.63, 3.8) is 0 Å². The summed E-state index contributed by atoms with van der Waals surface area (Å²) in [5, 5.41) is 0.524. The van der Waals surface area contributed by atoms with Crippen LogP contribution in [0, 0.1) is 0 Å². The van der Waals surface area contributed by atoms with Gasteiger partial charge in [0.15, 0.2) is 6.29 Å². The van der Waals surface area contributed by atoms with Crippen LogP contribution in [0.3, 0.4) is 0 Å². The monoisotopic (exact) mass is 270 g/mol. The molecule has 1 aliphatic rings. The van der Waals surface area contributed by atoms with Crippen molar-refractivity contribution in [2.24, 2.45) is 0 Å². The maximum absolute atomic E-state index is 10.8. The van der Waals surface area contributed by atoms with E-state index in [-0.39, 0.29) is 0 Å². The molecule has 0 aliphatic heterocycles. The minimum atomic E-state index is 0.524. The SMILES string of the molecule is O=Cc1ccc(-c2ccccc2C2CCC2)cc1Cl. The highest BCUT2D eigenvalue weighted by Gasteiger charge is 2.22. The van der Waals surface area contributed by atoms with Crippen LogP contribution in [0.15, 0.2) is 42.5 Å². The van der Waals surface area contributed by atoms with Crippen LogP contribution in [-0.2, 0) is 0 Å². The van der Waals surface area contributed by atoms with Crippen molar-refractivity contribution >= 4 is 17.9 Å². The molecule has 1 nitrogen and oxygen atoms in total. The first-order valence-electron chi connectivity index (χ1n) is 6.63. The Hall–Kier alpha value is -1.60. The lowest BCUT2D eigenvalue weighted by Crippen LogP contribution is -2.09. The van der Waals surface area contributed by atoms with Gasteiger partial charge in [-0.05, 0) is 47.6 Å². The number of benzene rings is 2. The fraction of sp³-hybridized carbons (Fsp3) is 0.235. The second-order valence-electron chi connectivity index (χ2n) is 5.07. The van der Waals surface area contributed by atoms with E-state index in [1.54, 1.807) is 6.07 Å². The Balaban J connectivity index is 2.06. The lowest BCUT2D eigenvalue weighted by molar-refractivity contribution is 0.112. The molecule has 0 amide bonds. The molecular formula is C17H15ClO. The number of aldehydes is 1. The third-order valence-corrected chi connectivity index (χ3v) is 4.27. The highest BCUT2D eigenvalue weighted by Crippen LogP contribution is 2.41. The van der Waals surface area contributed by atoms with E-state index in [0.29, 0.717) is 16.5 Å². The van der Waals surface area contributed by atoms with Gasteiger partial charge in [0.25, 0.3) is 0 Å². The third-order valence-electron chi connectivity index (χ3n) is 3.94. The Bertz CT molecular complexity index is 614. The molecule has 0 aromatic heterocycles. The van der Waals surface area contributed by atoms with Gasteiger partial charge in [-0.3, -0.25) is 4.79 Å². The van der Waals surface area contributed by atoms with Gasteiger partial charge in [0.05, 0.1) is 5.02 Å². The predicted molar refractivity (Wildman–Crippen MR) is 78.9 cm³/mol. The van der Waals surface area contributed by atoms with Gasteiger partial charge in [-0.15, -0.1) is 0 Å². The van der Waals surface area contributed by atoms with E-state index in [0.717, 1.165) is 11.8 Å². The average Bonchev–Trinajstić information content (AvgIpc) is 2.37. The van der Waals surface area contributed by atoms with Crippen molar-refractivity contribution in [3.8, 4) is 11.1 Å². The number of carbonyl (C=O) groups is 1. The Kier molecular flexibility index (Phi) is 3.39.